The van der Waals surface area contributed by atoms with E-state index >= 15 is 8.78 Å². The largest absolute Gasteiger partial charge is 0.478 e. The summed E-state index contributed by atoms with van der Waals surface area (Å²) in [6.07, 6.45) is 2.61. The van der Waals surface area contributed by atoms with Crippen molar-refractivity contribution in [1.29, 1.82) is 0 Å². The van der Waals surface area contributed by atoms with Crippen LogP contribution in [0, 0.1) is 17.6 Å². The number of cyclic esters (lactones) is 1. The quantitative estimate of drug-likeness (QED) is 0.401. The summed E-state index contributed by atoms with van der Waals surface area (Å²) in [7, 11) is 0. The number of aromatic nitrogens is 1. The van der Waals surface area contributed by atoms with Crippen molar-refractivity contribution in [2.24, 2.45) is 5.92 Å². The molecule has 4 aliphatic rings. The molecule has 0 bridgehead atoms. The fourth-order valence-electron chi connectivity index (χ4n) is 5.79. The van der Waals surface area contributed by atoms with Gasteiger partial charge in [-0.1, -0.05) is 6.08 Å². The summed E-state index contributed by atoms with van der Waals surface area (Å²) in [6, 6.07) is 5.21. The monoisotopic (exact) mass is 581 g/mol. The number of halogens is 2. The zero-order valence-corrected chi connectivity index (χ0v) is 22.7. The molecular formula is C29H29F2N5O6. The first-order chi connectivity index (χ1) is 20.1. The molecule has 2 aliphatic carbocycles. The van der Waals surface area contributed by atoms with E-state index in [1.165, 1.54) is 30.0 Å². The van der Waals surface area contributed by atoms with Crippen LogP contribution < -0.4 is 20.4 Å². The molecule has 0 spiro atoms. The zero-order valence-electron chi connectivity index (χ0n) is 22.7. The summed E-state index contributed by atoms with van der Waals surface area (Å²) in [5, 5.41) is 15.2. The first-order valence-corrected chi connectivity index (χ1v) is 13.8. The van der Waals surface area contributed by atoms with Crippen LogP contribution in [0.5, 0.6) is 0 Å². The lowest BCUT2D eigenvalue weighted by Gasteiger charge is -2.25. The van der Waals surface area contributed by atoms with Crippen LogP contribution in [0.1, 0.15) is 48.2 Å². The maximum Gasteiger partial charge on any atom is 0.414 e. The summed E-state index contributed by atoms with van der Waals surface area (Å²) in [6.45, 7) is 2.46. The summed E-state index contributed by atoms with van der Waals surface area (Å²) in [5.74, 6) is -3.71. The molecule has 2 aliphatic heterocycles. The number of aliphatic carboxylic acids is 1. The highest BCUT2D eigenvalue weighted by Crippen LogP contribution is 2.47. The van der Waals surface area contributed by atoms with Gasteiger partial charge in [0.1, 0.15) is 17.5 Å². The van der Waals surface area contributed by atoms with Crippen LogP contribution in [-0.4, -0.2) is 72.2 Å². The number of rotatable bonds is 8. The van der Waals surface area contributed by atoms with E-state index in [0.717, 1.165) is 18.9 Å². The number of benzene rings is 1. The van der Waals surface area contributed by atoms with Crippen LogP contribution in [0.4, 0.5) is 30.8 Å². The van der Waals surface area contributed by atoms with Gasteiger partial charge >= 0.3 is 12.1 Å². The van der Waals surface area contributed by atoms with Crippen molar-refractivity contribution in [3.05, 3.63) is 58.8 Å². The molecule has 1 unspecified atom stereocenters. The molecule has 1 aromatic heterocycles. The highest BCUT2D eigenvalue weighted by atomic mass is 19.1. The van der Waals surface area contributed by atoms with E-state index in [4.69, 9.17) is 4.74 Å². The lowest BCUT2D eigenvalue weighted by Crippen LogP contribution is -2.33. The first kappa shape index (κ1) is 27.6. The molecule has 3 heterocycles. The summed E-state index contributed by atoms with van der Waals surface area (Å²) >= 11 is 0. The number of ether oxygens (including phenoxy) is 1. The van der Waals surface area contributed by atoms with Crippen LogP contribution in [-0.2, 0) is 14.3 Å². The number of Topliss-reactive ketones (excluding diaryl/α,β-unsaturated/α-hetero) is 1. The number of fused-ring (bicyclic) bond motifs is 1. The molecule has 13 heteroatoms. The SMILES string of the molecule is CC(=O)NC[C@H]1CN(c2ccc(N[C@@H]3CCN(c4nc5c(cc4F)C(=O)C(C(=O)O)=CC5C4CC4)C3)c(F)c2)C(=O)O1. The molecule has 220 valence electrons. The number of hydrogen-bond acceptors (Lipinski definition) is 8. The minimum Gasteiger partial charge on any atom is -0.478 e. The van der Waals surface area contributed by atoms with Gasteiger partial charge in [0.15, 0.2) is 11.6 Å². The van der Waals surface area contributed by atoms with E-state index in [1.54, 1.807) is 11.0 Å². The smallest absolute Gasteiger partial charge is 0.414 e. The van der Waals surface area contributed by atoms with Crippen LogP contribution in [0.3, 0.4) is 0 Å². The number of nitrogens with zero attached hydrogens (tertiary/aromatic N) is 3. The molecule has 2 saturated heterocycles. The van der Waals surface area contributed by atoms with E-state index in [0.29, 0.717) is 30.9 Å². The van der Waals surface area contributed by atoms with E-state index in [9.17, 15) is 24.3 Å². The van der Waals surface area contributed by atoms with Crippen molar-refractivity contribution in [2.75, 3.05) is 41.3 Å². The molecule has 2 aromatic rings. The summed E-state index contributed by atoms with van der Waals surface area (Å²) in [4.78, 5) is 55.4. The number of hydrogen-bond donors (Lipinski definition) is 3. The summed E-state index contributed by atoms with van der Waals surface area (Å²) in [5.41, 5.74) is 0.589. The number of pyridine rings is 1. The number of anilines is 3. The predicted octanol–water partition coefficient (Wildman–Crippen LogP) is 3.21. The van der Waals surface area contributed by atoms with Crippen molar-refractivity contribution >= 4 is 40.9 Å². The Hall–Kier alpha value is -4.55. The molecule has 1 saturated carbocycles. The average molecular weight is 582 g/mol. The number of amides is 2. The highest BCUT2D eigenvalue weighted by Gasteiger charge is 2.41. The third-order valence-electron chi connectivity index (χ3n) is 8.06. The highest BCUT2D eigenvalue weighted by molar-refractivity contribution is 6.25. The Morgan fingerprint density at radius 1 is 1.12 bits per heavy atom. The van der Waals surface area contributed by atoms with Gasteiger partial charge in [-0.25, -0.2) is 23.4 Å². The maximum atomic E-state index is 15.3. The third kappa shape index (κ3) is 5.26. The number of nitrogens with one attached hydrogen (secondary N) is 2. The van der Waals surface area contributed by atoms with Gasteiger partial charge < -0.3 is 25.4 Å². The Balaban J connectivity index is 1.14. The molecule has 3 fully saturated rings. The van der Waals surface area contributed by atoms with Crippen LogP contribution in [0.25, 0.3) is 0 Å². The second-order valence-electron chi connectivity index (χ2n) is 11.1. The van der Waals surface area contributed by atoms with E-state index in [1.807, 2.05) is 0 Å². The number of carbonyl (C=O) groups excluding carboxylic acids is 3. The Morgan fingerprint density at radius 2 is 1.90 bits per heavy atom. The standard InChI is InChI=1S/C29H29F2N5O6/c1-14(37)32-11-18-13-36(29(41)42-18)17-4-5-24(22(30)8-17)33-16-6-7-35(12-16)27-23(31)10-20-25(34-27)19(15-2-3-15)9-21(26(20)38)28(39)40/h4-5,8-10,15-16,18-19,33H,2-3,6-7,11-13H2,1H3,(H,32,37)(H,39,40)/t16-,18+,19?/m1/s1. The third-order valence-corrected chi connectivity index (χ3v) is 8.06. The average Bonchev–Trinajstić information content (AvgIpc) is 3.56. The van der Waals surface area contributed by atoms with Crippen molar-refractivity contribution in [3.8, 4) is 0 Å². The molecule has 0 radical (unpaired) electrons. The normalized spacial score (nSPS) is 23.4. The number of allylic oxidation sites excluding steroid dienone is 1. The van der Waals surface area contributed by atoms with Crippen LogP contribution >= 0.6 is 0 Å². The Labute approximate surface area is 239 Å². The zero-order chi connectivity index (χ0) is 29.7. The number of ketones is 1. The van der Waals surface area contributed by atoms with Gasteiger partial charge in [-0.15, -0.1) is 0 Å². The predicted molar refractivity (Wildman–Crippen MR) is 147 cm³/mol. The number of carbonyl (C=O) groups is 4. The Kier molecular flexibility index (Phi) is 7.03. The van der Waals surface area contributed by atoms with Crippen molar-refractivity contribution in [1.82, 2.24) is 10.3 Å². The van der Waals surface area contributed by atoms with Gasteiger partial charge in [0.05, 0.1) is 30.2 Å². The van der Waals surface area contributed by atoms with Gasteiger partial charge in [0, 0.05) is 37.5 Å². The Morgan fingerprint density at radius 3 is 2.60 bits per heavy atom. The lowest BCUT2D eigenvalue weighted by molar-refractivity contribution is -0.132. The van der Waals surface area contributed by atoms with Crippen molar-refractivity contribution < 1.29 is 37.8 Å². The van der Waals surface area contributed by atoms with E-state index < -0.39 is 35.6 Å². The molecule has 6 rings (SSSR count). The van der Waals surface area contributed by atoms with Crippen LogP contribution in [0.15, 0.2) is 35.9 Å². The topological polar surface area (TPSA) is 141 Å². The fraction of sp³-hybridized carbons (Fsp3) is 0.414. The second-order valence-corrected chi connectivity index (χ2v) is 11.1. The Bertz CT molecular complexity index is 1530. The van der Waals surface area contributed by atoms with Gasteiger partial charge in [-0.2, -0.15) is 0 Å². The van der Waals surface area contributed by atoms with Crippen LogP contribution in [0.2, 0.25) is 0 Å². The van der Waals surface area contributed by atoms with Gasteiger partial charge in [-0.3, -0.25) is 14.5 Å². The second kappa shape index (κ2) is 10.7. The minimum absolute atomic E-state index is 0.00703. The van der Waals surface area contributed by atoms with E-state index in [-0.39, 0.29) is 59.5 Å². The fourth-order valence-corrected chi connectivity index (χ4v) is 5.79. The van der Waals surface area contributed by atoms with E-state index in [2.05, 4.69) is 15.6 Å². The number of carboxylic acids is 1. The maximum absolute atomic E-state index is 15.3. The first-order valence-electron chi connectivity index (χ1n) is 13.8. The molecule has 2 amide bonds. The molecule has 1 aromatic carbocycles. The van der Waals surface area contributed by atoms with Crippen molar-refractivity contribution in [2.45, 2.75) is 44.2 Å². The summed E-state index contributed by atoms with van der Waals surface area (Å²) < 4.78 is 35.6. The molecule has 11 nitrogen and oxygen atoms in total. The lowest BCUT2D eigenvalue weighted by atomic mass is 9.84. The number of carboxylic acid groups (broad SMARTS) is 1. The molecular weight excluding hydrogens is 552 g/mol. The van der Waals surface area contributed by atoms with Crippen molar-refractivity contribution in [3.63, 3.8) is 0 Å². The van der Waals surface area contributed by atoms with Gasteiger partial charge in [0.2, 0.25) is 11.7 Å². The molecule has 3 atom stereocenters. The van der Waals surface area contributed by atoms with Gasteiger partial charge in [0.25, 0.3) is 0 Å². The minimum atomic E-state index is -1.33. The van der Waals surface area contributed by atoms with Gasteiger partial charge in [-0.05, 0) is 49.4 Å². The molecule has 42 heavy (non-hydrogen) atoms. The molecule has 3 N–H and O–H groups in total.